The Balaban J connectivity index is 2.31. The molecule has 0 spiro atoms. The summed E-state index contributed by atoms with van der Waals surface area (Å²) in [6.07, 6.45) is -3.84. The summed E-state index contributed by atoms with van der Waals surface area (Å²) in [6, 6.07) is 12.1. The summed E-state index contributed by atoms with van der Waals surface area (Å²) < 4.78 is 67.7. The molecule has 2 aromatic rings. The molecule has 0 radical (unpaired) electrons. The van der Waals surface area contributed by atoms with Crippen LogP contribution < -0.4 is 0 Å². The van der Waals surface area contributed by atoms with Crippen LogP contribution in [0.25, 0.3) is 5.70 Å². The van der Waals surface area contributed by atoms with Crippen LogP contribution in [0.2, 0.25) is 0 Å². The number of hydrazine groups is 1. The number of rotatable bonds is 8. The van der Waals surface area contributed by atoms with Crippen LogP contribution in [-0.4, -0.2) is 64.9 Å². The predicted octanol–water partition coefficient (Wildman–Crippen LogP) is 3.62. The minimum Gasteiger partial charge on any atom is -0.287 e. The average molecular weight is 552 g/mol. The highest BCUT2D eigenvalue weighted by Crippen LogP contribution is 2.35. The minimum absolute atomic E-state index is 0.166. The number of benzene rings is 2. The molecule has 0 fully saturated rings. The smallest absolute Gasteiger partial charge is 0.287 e. The van der Waals surface area contributed by atoms with Gasteiger partial charge in [-0.25, -0.2) is 18.4 Å². The lowest BCUT2D eigenvalue weighted by atomic mass is 9.98. The highest BCUT2D eigenvalue weighted by molar-refractivity contribution is 7.88. The molecule has 2 amide bonds. The molecule has 2 aromatic carbocycles. The van der Waals surface area contributed by atoms with E-state index in [1.807, 2.05) is 0 Å². The monoisotopic (exact) mass is 551 g/mol. The number of nitrogens with zero attached hydrogens (tertiary/aromatic N) is 3. The molecular weight excluding hydrogens is 523 g/mol. The molecule has 38 heavy (non-hydrogen) atoms. The Kier molecular flexibility index (Phi) is 8.35. The van der Waals surface area contributed by atoms with Gasteiger partial charge in [0.2, 0.25) is 15.9 Å². The van der Waals surface area contributed by atoms with Gasteiger partial charge in [0.05, 0.1) is 12.0 Å². The normalized spacial score (nSPS) is 17.3. The average Bonchev–Trinajstić information content (AvgIpc) is 2.83. The Bertz CT molecular complexity index is 1330. The summed E-state index contributed by atoms with van der Waals surface area (Å²) >= 11 is 0. The van der Waals surface area contributed by atoms with Crippen molar-refractivity contribution in [1.82, 2.24) is 14.3 Å². The molecule has 0 saturated heterocycles. The van der Waals surface area contributed by atoms with Gasteiger partial charge in [-0.1, -0.05) is 74.5 Å². The van der Waals surface area contributed by atoms with Crippen molar-refractivity contribution in [3.05, 3.63) is 78.0 Å². The number of hydrogen-bond donors (Lipinski definition) is 0. The third-order valence-corrected chi connectivity index (χ3v) is 7.08. The van der Waals surface area contributed by atoms with Gasteiger partial charge in [-0.2, -0.15) is 13.2 Å². The number of amides is 2. The third-order valence-electron chi connectivity index (χ3n) is 5.98. The molecule has 1 aliphatic rings. The van der Waals surface area contributed by atoms with Gasteiger partial charge in [-0.3, -0.25) is 18.7 Å². The van der Waals surface area contributed by atoms with Gasteiger partial charge >= 0.3 is 6.18 Å². The summed E-state index contributed by atoms with van der Waals surface area (Å²) in [7, 11) is -4.01. The summed E-state index contributed by atoms with van der Waals surface area (Å²) in [6.45, 7) is 4.09. The van der Waals surface area contributed by atoms with E-state index in [9.17, 15) is 36.0 Å². The van der Waals surface area contributed by atoms with Crippen molar-refractivity contribution in [2.75, 3.05) is 6.26 Å². The van der Waals surface area contributed by atoms with Gasteiger partial charge in [0.1, 0.15) is 12.1 Å². The van der Waals surface area contributed by atoms with E-state index in [-0.39, 0.29) is 11.3 Å². The van der Waals surface area contributed by atoms with Gasteiger partial charge in [-0.05, 0) is 11.5 Å². The number of alkyl halides is 3. The van der Waals surface area contributed by atoms with Crippen molar-refractivity contribution in [2.24, 2.45) is 5.92 Å². The van der Waals surface area contributed by atoms with E-state index in [1.54, 1.807) is 50.2 Å². The number of Topliss-reactive ketones (excluding diaryl/α,β-unsaturated/α-hetero) is 1. The second-order valence-corrected chi connectivity index (χ2v) is 11.1. The molecule has 1 aliphatic heterocycles. The fraction of sp³-hybridized carbons (Fsp3) is 0.346. The highest BCUT2D eigenvalue weighted by Gasteiger charge is 2.51. The van der Waals surface area contributed by atoms with Crippen LogP contribution in [-0.2, 0) is 30.8 Å². The first-order valence-corrected chi connectivity index (χ1v) is 13.5. The topological polar surface area (TPSA) is 95.1 Å². The van der Waals surface area contributed by atoms with Crippen molar-refractivity contribution in [1.29, 1.82) is 0 Å². The Morgan fingerprint density at radius 3 is 1.97 bits per heavy atom. The zero-order valence-corrected chi connectivity index (χ0v) is 22.0. The fourth-order valence-corrected chi connectivity index (χ4v) is 5.37. The van der Waals surface area contributed by atoms with Crippen LogP contribution in [0.15, 0.2) is 66.9 Å². The van der Waals surface area contributed by atoms with Crippen LogP contribution in [0.1, 0.15) is 31.9 Å². The van der Waals surface area contributed by atoms with Crippen LogP contribution in [0.4, 0.5) is 13.2 Å². The van der Waals surface area contributed by atoms with Crippen molar-refractivity contribution in [3.8, 4) is 0 Å². The lowest BCUT2D eigenvalue weighted by Crippen LogP contribution is -2.64. The molecule has 1 heterocycles. The predicted molar refractivity (Wildman–Crippen MR) is 134 cm³/mol. The lowest BCUT2D eigenvalue weighted by molar-refractivity contribution is -0.187. The van der Waals surface area contributed by atoms with Crippen LogP contribution in [0.5, 0.6) is 0 Å². The number of carbonyl (C=O) groups excluding carboxylic acids is 3. The molecule has 0 aromatic heterocycles. The lowest BCUT2D eigenvalue weighted by Gasteiger charge is -2.46. The number of hydrogen-bond acceptors (Lipinski definition) is 5. The molecule has 0 aliphatic carbocycles. The maximum Gasteiger partial charge on any atom is 0.452 e. The van der Waals surface area contributed by atoms with Crippen LogP contribution in [0.3, 0.4) is 0 Å². The van der Waals surface area contributed by atoms with E-state index in [0.29, 0.717) is 10.6 Å². The number of ketones is 1. The Morgan fingerprint density at radius 2 is 1.53 bits per heavy atom. The van der Waals surface area contributed by atoms with E-state index in [0.717, 1.165) is 28.7 Å². The number of sulfonamides is 1. The minimum atomic E-state index is -5.32. The zero-order valence-electron chi connectivity index (χ0n) is 21.2. The largest absolute Gasteiger partial charge is 0.452 e. The summed E-state index contributed by atoms with van der Waals surface area (Å²) in [5, 5.41) is 1.22. The molecule has 204 valence electrons. The summed E-state index contributed by atoms with van der Waals surface area (Å²) in [5.74, 6) is -4.82. The standard InChI is InChI=1S/C26H28F3N3O5S/c1-17(2)23-25(35)32(22(16-30(23)38(4,36)37)20-13-9-6-10-14-20)31(18(3)33)21(24(34)26(27,28)29)15-19-11-7-5-8-12-19/h5-14,16-17,21,23H,15H2,1-4H3. The highest BCUT2D eigenvalue weighted by atomic mass is 32.2. The molecule has 12 heteroatoms. The van der Waals surface area contributed by atoms with E-state index in [4.69, 9.17) is 0 Å². The molecule has 0 saturated carbocycles. The van der Waals surface area contributed by atoms with E-state index in [1.165, 1.54) is 24.3 Å². The van der Waals surface area contributed by atoms with Crippen molar-refractivity contribution < 1.29 is 36.0 Å². The van der Waals surface area contributed by atoms with E-state index < -0.39 is 58.2 Å². The van der Waals surface area contributed by atoms with Crippen LogP contribution >= 0.6 is 0 Å². The molecule has 2 unspecified atom stereocenters. The Hall–Kier alpha value is -3.67. The van der Waals surface area contributed by atoms with Gasteiger partial charge in [0.25, 0.3) is 11.7 Å². The molecule has 8 nitrogen and oxygen atoms in total. The van der Waals surface area contributed by atoms with E-state index in [2.05, 4.69) is 0 Å². The first-order chi connectivity index (χ1) is 17.6. The maximum atomic E-state index is 14.0. The first kappa shape index (κ1) is 28.9. The molecule has 0 bridgehead atoms. The zero-order chi connectivity index (χ0) is 28.4. The fourth-order valence-electron chi connectivity index (χ4n) is 4.33. The molecule has 3 rings (SSSR count). The summed E-state index contributed by atoms with van der Waals surface area (Å²) in [4.78, 5) is 39.8. The van der Waals surface area contributed by atoms with Gasteiger partial charge in [0.15, 0.2) is 0 Å². The second kappa shape index (κ2) is 11.0. The van der Waals surface area contributed by atoms with Crippen molar-refractivity contribution in [3.63, 3.8) is 0 Å². The van der Waals surface area contributed by atoms with Crippen LogP contribution in [0, 0.1) is 5.92 Å². The SMILES string of the molecule is CC(=O)N(C(Cc1ccccc1)C(=O)C(F)(F)F)N1C(=O)C(C(C)C)N(S(C)(=O)=O)C=C1c1ccccc1. The Morgan fingerprint density at radius 1 is 1.00 bits per heavy atom. The number of halogens is 3. The summed E-state index contributed by atoms with van der Waals surface area (Å²) in [5.41, 5.74) is 0.413. The first-order valence-electron chi connectivity index (χ1n) is 11.7. The molecular formula is C26H28F3N3O5S. The quantitative estimate of drug-likeness (QED) is 0.500. The van der Waals surface area contributed by atoms with Gasteiger partial charge in [0, 0.05) is 25.1 Å². The van der Waals surface area contributed by atoms with Crippen molar-refractivity contribution in [2.45, 2.75) is 45.5 Å². The van der Waals surface area contributed by atoms with E-state index >= 15 is 0 Å². The second-order valence-electron chi connectivity index (χ2n) is 9.24. The molecule has 0 N–H and O–H groups in total. The Labute approximate surface area is 219 Å². The third kappa shape index (κ3) is 6.07. The maximum absolute atomic E-state index is 14.0. The van der Waals surface area contributed by atoms with Gasteiger partial charge in [-0.15, -0.1) is 0 Å². The number of carbonyl (C=O) groups is 3. The molecule has 2 atom stereocenters. The van der Waals surface area contributed by atoms with Gasteiger partial charge < -0.3 is 0 Å². The van der Waals surface area contributed by atoms with Crippen molar-refractivity contribution >= 4 is 33.3 Å².